The van der Waals surface area contributed by atoms with Crippen LogP contribution in [0.15, 0.2) is 16.7 Å². The lowest BCUT2D eigenvalue weighted by molar-refractivity contribution is 0.0953. The zero-order chi connectivity index (χ0) is 10.4. The van der Waals surface area contributed by atoms with Gasteiger partial charge in [0.1, 0.15) is 12.0 Å². The van der Waals surface area contributed by atoms with E-state index in [0.717, 1.165) is 23.7 Å². The van der Waals surface area contributed by atoms with Crippen LogP contribution in [0.2, 0.25) is 0 Å². The molecule has 0 saturated heterocycles. The molecule has 0 aliphatic rings. The fourth-order valence-corrected chi connectivity index (χ4v) is 1.76. The minimum absolute atomic E-state index is 0.319. The van der Waals surface area contributed by atoms with Crippen molar-refractivity contribution in [1.82, 2.24) is 5.43 Å². The van der Waals surface area contributed by atoms with Crippen LogP contribution in [0.3, 0.4) is 0 Å². The molecule has 3 N–H and O–H groups in total. The molecule has 1 amide bonds. The number of rotatable bonds is 5. The lowest BCUT2D eigenvalue weighted by Gasteiger charge is -1.94. The number of nitrogens with two attached hydrogens (primary N) is 1. The molecule has 78 valence electrons. The summed E-state index contributed by atoms with van der Waals surface area (Å²) in [6, 6.07) is 1.71. The minimum atomic E-state index is -0.319. The third-order valence-electron chi connectivity index (χ3n) is 1.64. The first-order chi connectivity index (χ1) is 6.77. The van der Waals surface area contributed by atoms with Gasteiger partial charge in [0.25, 0.3) is 5.91 Å². The van der Waals surface area contributed by atoms with E-state index in [-0.39, 0.29) is 5.91 Å². The summed E-state index contributed by atoms with van der Waals surface area (Å²) in [5.74, 6) is 7.37. The molecule has 0 radical (unpaired) electrons. The molecule has 1 rings (SSSR count). The number of carbonyl (C=O) groups is 1. The number of nitrogens with one attached hydrogen (secondary N) is 1. The Morgan fingerprint density at radius 2 is 2.50 bits per heavy atom. The van der Waals surface area contributed by atoms with Crippen molar-refractivity contribution in [2.45, 2.75) is 19.1 Å². The van der Waals surface area contributed by atoms with Crippen molar-refractivity contribution in [2.75, 3.05) is 5.75 Å². The Labute approximate surface area is 87.2 Å². The first-order valence-electron chi connectivity index (χ1n) is 4.44. The predicted octanol–water partition coefficient (Wildman–Crippen LogP) is 1.53. The Morgan fingerprint density at radius 1 is 1.71 bits per heavy atom. The third-order valence-corrected chi connectivity index (χ3v) is 2.83. The Kier molecular flexibility index (Phi) is 4.55. The Morgan fingerprint density at radius 3 is 3.14 bits per heavy atom. The van der Waals surface area contributed by atoms with Crippen molar-refractivity contribution >= 4 is 17.7 Å². The van der Waals surface area contributed by atoms with Crippen molar-refractivity contribution < 1.29 is 9.21 Å². The molecule has 5 heteroatoms. The largest absolute Gasteiger partial charge is 0.468 e. The van der Waals surface area contributed by atoms with Crippen LogP contribution < -0.4 is 11.3 Å². The molecule has 0 unspecified atom stereocenters. The zero-order valence-corrected chi connectivity index (χ0v) is 8.89. The number of carbonyl (C=O) groups excluding carboxylic acids is 1. The van der Waals surface area contributed by atoms with Crippen molar-refractivity contribution in [2.24, 2.45) is 5.84 Å². The summed E-state index contributed by atoms with van der Waals surface area (Å²) in [7, 11) is 0. The van der Waals surface area contributed by atoms with Gasteiger partial charge in [0.2, 0.25) is 0 Å². The SMILES string of the molecule is CCCSCc1cc(C(=O)NN)co1. The van der Waals surface area contributed by atoms with Crippen molar-refractivity contribution in [1.29, 1.82) is 0 Å². The van der Waals surface area contributed by atoms with Gasteiger partial charge in [-0.25, -0.2) is 5.84 Å². The van der Waals surface area contributed by atoms with E-state index in [1.807, 2.05) is 0 Å². The quantitative estimate of drug-likeness (QED) is 0.337. The predicted molar refractivity (Wildman–Crippen MR) is 56.8 cm³/mol. The van der Waals surface area contributed by atoms with Crippen molar-refractivity contribution in [3.8, 4) is 0 Å². The van der Waals surface area contributed by atoms with Gasteiger partial charge in [-0.3, -0.25) is 10.2 Å². The van der Waals surface area contributed by atoms with E-state index >= 15 is 0 Å². The maximum Gasteiger partial charge on any atom is 0.268 e. The summed E-state index contributed by atoms with van der Waals surface area (Å²) < 4.78 is 5.20. The van der Waals surface area contributed by atoms with Crippen LogP contribution in [0.1, 0.15) is 29.5 Å². The van der Waals surface area contributed by atoms with E-state index in [4.69, 9.17) is 10.3 Å². The number of thioether (sulfide) groups is 1. The molecule has 0 aliphatic heterocycles. The molecule has 14 heavy (non-hydrogen) atoms. The van der Waals surface area contributed by atoms with Crippen LogP contribution in [0.5, 0.6) is 0 Å². The van der Waals surface area contributed by atoms with E-state index in [2.05, 4.69) is 12.3 Å². The van der Waals surface area contributed by atoms with Gasteiger partial charge in [-0.2, -0.15) is 11.8 Å². The molecule has 1 aromatic heterocycles. The van der Waals surface area contributed by atoms with Gasteiger partial charge in [0.15, 0.2) is 0 Å². The molecule has 0 fully saturated rings. The van der Waals surface area contributed by atoms with Gasteiger partial charge in [-0.1, -0.05) is 6.92 Å². The fourth-order valence-electron chi connectivity index (χ4n) is 0.976. The number of amides is 1. The Hall–Kier alpha value is -0.940. The van der Waals surface area contributed by atoms with E-state index in [1.165, 1.54) is 6.26 Å². The van der Waals surface area contributed by atoms with Crippen LogP contribution >= 0.6 is 11.8 Å². The van der Waals surface area contributed by atoms with Gasteiger partial charge in [0, 0.05) is 0 Å². The highest BCUT2D eigenvalue weighted by Crippen LogP contribution is 2.15. The highest BCUT2D eigenvalue weighted by atomic mass is 32.2. The minimum Gasteiger partial charge on any atom is -0.468 e. The standard InChI is InChI=1S/C9H14N2O2S/c1-2-3-14-6-8-4-7(5-13-8)9(12)11-10/h4-5H,2-3,6,10H2,1H3,(H,11,12). The number of hydrogen-bond acceptors (Lipinski definition) is 4. The average molecular weight is 214 g/mol. The van der Waals surface area contributed by atoms with E-state index < -0.39 is 0 Å². The van der Waals surface area contributed by atoms with Crippen LogP contribution in [0.4, 0.5) is 0 Å². The molecule has 0 spiro atoms. The highest BCUT2D eigenvalue weighted by molar-refractivity contribution is 7.98. The molecule has 0 aromatic carbocycles. The summed E-state index contributed by atoms with van der Waals surface area (Å²) >= 11 is 1.78. The number of furan rings is 1. The monoisotopic (exact) mass is 214 g/mol. The van der Waals surface area contributed by atoms with Gasteiger partial charge < -0.3 is 4.42 Å². The molecule has 4 nitrogen and oxygen atoms in total. The van der Waals surface area contributed by atoms with E-state index in [9.17, 15) is 4.79 Å². The summed E-state index contributed by atoms with van der Waals surface area (Å²) in [4.78, 5) is 11.1. The zero-order valence-electron chi connectivity index (χ0n) is 8.08. The Bertz CT molecular complexity index is 299. The second-order valence-corrected chi connectivity index (χ2v) is 3.93. The van der Waals surface area contributed by atoms with Crippen LogP contribution in [0, 0.1) is 0 Å². The molecular formula is C9H14N2O2S. The van der Waals surface area contributed by atoms with E-state index in [0.29, 0.717) is 5.56 Å². The Balaban J connectivity index is 2.46. The van der Waals surface area contributed by atoms with Gasteiger partial charge in [0.05, 0.1) is 11.3 Å². The summed E-state index contributed by atoms with van der Waals surface area (Å²) in [5, 5.41) is 0. The van der Waals surface area contributed by atoms with Crippen LogP contribution in [-0.2, 0) is 5.75 Å². The molecule has 1 heterocycles. The molecular weight excluding hydrogens is 200 g/mol. The molecule has 1 aromatic rings. The number of hydrazine groups is 1. The van der Waals surface area contributed by atoms with E-state index in [1.54, 1.807) is 17.8 Å². The smallest absolute Gasteiger partial charge is 0.268 e. The lowest BCUT2D eigenvalue weighted by atomic mass is 10.3. The summed E-state index contributed by atoms with van der Waals surface area (Å²) in [6.07, 6.45) is 2.56. The summed E-state index contributed by atoms with van der Waals surface area (Å²) in [5.41, 5.74) is 2.53. The number of hydrogen-bond donors (Lipinski definition) is 2. The maximum absolute atomic E-state index is 11.1. The first kappa shape index (κ1) is 11.1. The third kappa shape index (κ3) is 3.08. The second-order valence-electron chi connectivity index (χ2n) is 2.83. The van der Waals surface area contributed by atoms with Crippen LogP contribution in [0.25, 0.3) is 0 Å². The highest BCUT2D eigenvalue weighted by Gasteiger charge is 2.07. The lowest BCUT2D eigenvalue weighted by Crippen LogP contribution is -2.29. The molecule has 0 saturated carbocycles. The second kappa shape index (κ2) is 5.72. The summed E-state index contributed by atoms with van der Waals surface area (Å²) in [6.45, 7) is 2.13. The number of nitrogen functional groups attached to an aromatic ring is 1. The van der Waals surface area contributed by atoms with Crippen molar-refractivity contribution in [3.05, 3.63) is 23.7 Å². The average Bonchev–Trinajstić information content (AvgIpc) is 2.66. The fraction of sp³-hybridized carbons (Fsp3) is 0.444. The molecule has 0 bridgehead atoms. The van der Waals surface area contributed by atoms with Crippen molar-refractivity contribution in [3.63, 3.8) is 0 Å². The maximum atomic E-state index is 11.1. The van der Waals surface area contributed by atoms with Gasteiger partial charge in [-0.05, 0) is 18.2 Å². The van der Waals surface area contributed by atoms with Crippen LogP contribution in [-0.4, -0.2) is 11.7 Å². The normalized spacial score (nSPS) is 10.1. The molecule has 0 atom stereocenters. The first-order valence-corrected chi connectivity index (χ1v) is 5.59. The van der Waals surface area contributed by atoms with Gasteiger partial charge >= 0.3 is 0 Å². The molecule has 0 aliphatic carbocycles. The van der Waals surface area contributed by atoms with Gasteiger partial charge in [-0.15, -0.1) is 0 Å². The topological polar surface area (TPSA) is 68.3 Å².